The number of primary amides is 1. The Kier molecular flexibility index (Phi) is 46.6. The molecular weight excluding hydrogens is 1810 g/mol. The van der Waals surface area contributed by atoms with Gasteiger partial charge in [0.15, 0.2) is 5.96 Å². The number of carbonyl (C=O) groups excluding carboxylic acids is 15. The fourth-order valence-electron chi connectivity index (χ4n) is 15.7. The molecule has 1 aromatic heterocycles. The molecule has 0 saturated carbocycles. The summed E-state index contributed by atoms with van der Waals surface area (Å²) < 4.78 is 21.9. The fourth-order valence-corrected chi connectivity index (χ4v) is 17.7. The SMILES string of the molecule is CSCC[C@H](NC(=O)[C@@H](NC(=O)COCCOCCNC(O)COCCOCCNC(=O)CCCC[C@@H]1SC[C@@H]2NC(=O)N[C@@H]21)[C@@H](C)O)C(=O)NCC(=O)N[C@@H](Cc1ccccc1)C(=O)N[C@H](C(=O)N[C@@H](C)C(=O)N1CCC[C@H]1C(=O)N[C@@H](CCCNC(=N)N)C(=O)N[C@@H](Cc1ccccc1)C(=O)N1CCC[C@H]1C(=O)N[C@@H](Cc1cnc[nH]1)C(=O)N[C@@H](Cc1ccc(O)cc1)C(N)=O)[C@@H](C)O. The highest BCUT2D eigenvalue weighted by atomic mass is 32.2. The summed E-state index contributed by atoms with van der Waals surface area (Å²) in [6, 6.07) is 7.70. The average molecular weight is 1940 g/mol. The van der Waals surface area contributed by atoms with Crippen LogP contribution in [-0.4, -0.2) is 347 Å². The Balaban J connectivity index is 0.784. The first-order valence-corrected chi connectivity index (χ1v) is 48.0. The van der Waals surface area contributed by atoms with Crippen molar-refractivity contribution in [2.45, 2.75) is 219 Å². The monoisotopic (exact) mass is 1940 g/mol. The van der Waals surface area contributed by atoms with Crippen LogP contribution in [0.2, 0.25) is 0 Å². The molecule has 0 bridgehead atoms. The number of nitrogens with two attached hydrogens (primary N) is 2. The van der Waals surface area contributed by atoms with Gasteiger partial charge in [-0.1, -0.05) is 79.2 Å². The van der Waals surface area contributed by atoms with E-state index < -0.39 is 175 Å². The van der Waals surface area contributed by atoms with Crippen LogP contribution in [0, 0.1) is 5.41 Å². The molecule has 4 fully saturated rings. The number of nitrogens with zero attached hydrogens (tertiary/aromatic N) is 3. The van der Waals surface area contributed by atoms with E-state index in [1.54, 1.807) is 79.1 Å². The number of benzene rings is 3. The van der Waals surface area contributed by atoms with Gasteiger partial charge in [-0.05, 0) is 119 Å². The summed E-state index contributed by atoms with van der Waals surface area (Å²) >= 11 is 3.18. The van der Waals surface area contributed by atoms with Gasteiger partial charge in [0, 0.05) is 87.7 Å². The first-order chi connectivity index (χ1) is 65.2. The van der Waals surface area contributed by atoms with Crippen molar-refractivity contribution >= 4 is 118 Å². The van der Waals surface area contributed by atoms with Crippen LogP contribution >= 0.6 is 23.5 Å². The van der Waals surface area contributed by atoms with Crippen LogP contribution < -0.4 is 91.2 Å². The summed E-state index contributed by atoms with van der Waals surface area (Å²) in [5.41, 5.74) is 13.5. The molecule has 0 radical (unpaired) electrons. The van der Waals surface area contributed by atoms with Gasteiger partial charge in [0.1, 0.15) is 85.0 Å². The molecule has 45 nitrogen and oxygen atoms in total. The van der Waals surface area contributed by atoms with Crippen molar-refractivity contribution in [2.24, 2.45) is 11.5 Å². The topological polar surface area (TPSA) is 665 Å². The minimum absolute atomic E-state index is 0.00338. The quantitative estimate of drug-likeness (QED) is 0.00647. The minimum Gasteiger partial charge on any atom is -0.508 e. The number of likely N-dealkylation sites (tertiary alicyclic amines) is 2. The number of phenolic OH excluding ortho intramolecular Hbond substituents is 1. The Bertz CT molecular complexity index is 4560. The second kappa shape index (κ2) is 57.9. The number of aliphatic hydroxyl groups is 3. The van der Waals surface area contributed by atoms with E-state index in [0.29, 0.717) is 59.4 Å². The number of fused-ring (bicyclic) bond motifs is 1. The van der Waals surface area contributed by atoms with Gasteiger partial charge in [-0.25, -0.2) is 9.78 Å². The summed E-state index contributed by atoms with van der Waals surface area (Å²) in [5, 5.41) is 90.1. The lowest BCUT2D eigenvalue weighted by molar-refractivity contribution is -0.143. The van der Waals surface area contributed by atoms with E-state index >= 15 is 4.79 Å². The average Bonchev–Trinajstić information content (AvgIpc) is 1.65. The zero-order valence-corrected chi connectivity index (χ0v) is 78.5. The molecule has 1 unspecified atom stereocenters. The van der Waals surface area contributed by atoms with Crippen LogP contribution in [0.1, 0.15) is 114 Å². The summed E-state index contributed by atoms with van der Waals surface area (Å²) in [6.07, 6.45) is 3.77. The number of unbranched alkanes of at least 4 members (excludes halogenated alkanes) is 1. The third kappa shape index (κ3) is 37.3. The molecule has 16 amide bonds. The van der Waals surface area contributed by atoms with Gasteiger partial charge in [0.25, 0.3) is 0 Å². The zero-order valence-electron chi connectivity index (χ0n) is 76.8. The van der Waals surface area contributed by atoms with Crippen LogP contribution in [0.5, 0.6) is 5.75 Å². The molecule has 4 aliphatic heterocycles. The Morgan fingerprint density at radius 3 is 1.74 bits per heavy atom. The van der Waals surface area contributed by atoms with E-state index in [4.69, 9.17) is 35.8 Å². The van der Waals surface area contributed by atoms with Crippen molar-refractivity contribution in [3.8, 4) is 5.75 Å². The molecule has 3 aromatic carbocycles. The van der Waals surface area contributed by atoms with E-state index in [0.717, 1.165) is 25.0 Å². The van der Waals surface area contributed by atoms with Crippen LogP contribution in [0.25, 0.3) is 0 Å². The Morgan fingerprint density at radius 1 is 0.551 bits per heavy atom. The molecule has 47 heteroatoms. The second-order valence-corrected chi connectivity index (χ2v) is 35.8. The van der Waals surface area contributed by atoms with Crippen molar-refractivity contribution in [1.29, 1.82) is 5.41 Å². The molecule has 17 atom stereocenters. The Morgan fingerprint density at radius 2 is 1.11 bits per heavy atom. The number of aromatic hydroxyl groups is 1. The zero-order chi connectivity index (χ0) is 98.6. The van der Waals surface area contributed by atoms with Crippen molar-refractivity contribution < 1.29 is 111 Å². The molecule has 25 N–H and O–H groups in total. The van der Waals surface area contributed by atoms with Crippen molar-refractivity contribution in [2.75, 3.05) is 110 Å². The number of H-pyrrole nitrogens is 1. The molecule has 5 heterocycles. The standard InChI is InChI=1S/C89H132N22O23S2/c1-52(86(128)110-33-14-21-67(110)82(124)101-60(20-13-30-96-88(91)92)79(121)105-65(44-56-18-9-6-10-19-56)87(129)111-34-15-22-68(111)83(125)104-64(45-58-46-93-51-98-58)80(122)103-62(77(90)119)42-57-25-27-59(114)28-26-57)99-84(126)75(54(3)113)108-81(123)63(43-55-16-7-5-8-17-55)100-71(116)47-97-78(120)61(29-41-135-4)102-85(127)74(53(2)112)107-73(118)49-134-40-38-132-36-32-95-72(117)48-133-39-37-131-35-31-94-70(115)24-12-11-23-69-76-66(50-136-69)106-89(130)109-76/h5-10,16-19,25-28,46,51-54,60-69,72,74-76,95,112-114,117H,11-15,20-24,29-45,47-50H2,1-4H3,(H2,90,119)(H,93,98)(H,94,115)(H,97,120)(H,99,126)(H,100,116)(H,101,124)(H,102,127)(H,103,122)(H,104,125)(H,105,121)(H,107,118)(H,108,123)(H4,91,92,96)(H2,106,109,130)/t52-,53+,54+,60-,61-,62-,63-,64-,65-,66-,67-,68-,69-,72?,74-,75-,76-/m0/s1. The maximum atomic E-state index is 15.1. The van der Waals surface area contributed by atoms with E-state index in [9.17, 15) is 87.5 Å². The van der Waals surface area contributed by atoms with Gasteiger partial charge in [-0.3, -0.25) is 77.8 Å². The maximum absolute atomic E-state index is 15.1. The number of nitrogens with one attached hydrogen (secondary N) is 17. The van der Waals surface area contributed by atoms with Gasteiger partial charge in [0.2, 0.25) is 82.7 Å². The second-order valence-electron chi connectivity index (χ2n) is 33.5. The summed E-state index contributed by atoms with van der Waals surface area (Å²) in [5.74, 6) is -10.3. The van der Waals surface area contributed by atoms with Gasteiger partial charge >= 0.3 is 6.03 Å². The van der Waals surface area contributed by atoms with E-state index in [1.807, 2.05) is 11.8 Å². The number of carbonyl (C=O) groups is 15. The minimum atomic E-state index is -1.78. The molecule has 4 aliphatic rings. The Hall–Kier alpha value is -11.8. The predicted octanol–water partition coefficient (Wildman–Crippen LogP) is -5.05. The largest absolute Gasteiger partial charge is 0.508 e. The lowest BCUT2D eigenvalue weighted by atomic mass is 10.0. The number of rotatable bonds is 61. The third-order valence-electron chi connectivity index (χ3n) is 22.8. The summed E-state index contributed by atoms with van der Waals surface area (Å²) in [4.78, 5) is 217. The molecule has 136 heavy (non-hydrogen) atoms. The number of aromatic nitrogens is 2. The Labute approximate surface area is 796 Å². The van der Waals surface area contributed by atoms with E-state index in [2.05, 4.69) is 89.7 Å². The number of thioether (sulfide) groups is 2. The number of phenols is 1. The number of urea groups is 1. The summed E-state index contributed by atoms with van der Waals surface area (Å²) in [6.45, 7) is 3.97. The number of ether oxygens (including phenoxy) is 4. The van der Waals surface area contributed by atoms with E-state index in [1.165, 1.54) is 67.0 Å². The maximum Gasteiger partial charge on any atom is 0.315 e. The number of aliphatic hydroxyl groups excluding tert-OH is 3. The van der Waals surface area contributed by atoms with Crippen molar-refractivity contribution in [3.63, 3.8) is 0 Å². The van der Waals surface area contributed by atoms with Crippen LogP contribution in [0.4, 0.5) is 4.79 Å². The lowest BCUT2D eigenvalue weighted by Gasteiger charge is -2.32. The molecule has 4 aromatic rings. The van der Waals surface area contributed by atoms with Gasteiger partial charge in [0.05, 0.1) is 83.4 Å². The molecule has 0 aliphatic carbocycles. The first kappa shape index (κ1) is 109. The van der Waals surface area contributed by atoms with Gasteiger partial charge in [-0.15, -0.1) is 0 Å². The van der Waals surface area contributed by atoms with Gasteiger partial charge in [-0.2, -0.15) is 23.5 Å². The van der Waals surface area contributed by atoms with Crippen LogP contribution in [0.15, 0.2) is 97.5 Å². The highest BCUT2D eigenvalue weighted by Crippen LogP contribution is 2.33. The molecule has 748 valence electrons. The van der Waals surface area contributed by atoms with Crippen molar-refractivity contribution in [1.82, 2.24) is 99.5 Å². The highest BCUT2D eigenvalue weighted by molar-refractivity contribution is 8.00. The highest BCUT2D eigenvalue weighted by Gasteiger charge is 2.45. The fraction of sp³-hybridized carbons (Fsp3) is 0.584. The number of imidazole rings is 1. The number of hydrogen-bond donors (Lipinski definition) is 23. The molecule has 4 saturated heterocycles. The molecule has 8 rings (SSSR count). The van der Waals surface area contributed by atoms with E-state index in [-0.39, 0.29) is 166 Å². The number of hydrogen-bond acceptors (Lipinski definition) is 28. The summed E-state index contributed by atoms with van der Waals surface area (Å²) in [7, 11) is 0. The lowest BCUT2D eigenvalue weighted by Crippen LogP contribution is -2.61. The molecule has 0 spiro atoms. The first-order valence-electron chi connectivity index (χ1n) is 45.6. The number of amides is 16. The van der Waals surface area contributed by atoms with Crippen molar-refractivity contribution in [3.05, 3.63) is 120 Å². The van der Waals surface area contributed by atoms with Crippen LogP contribution in [-0.2, 0) is 112 Å². The third-order valence-corrected chi connectivity index (χ3v) is 25.0. The number of guanidine groups is 1. The van der Waals surface area contributed by atoms with Gasteiger partial charge < -0.3 is 140 Å². The predicted molar refractivity (Wildman–Crippen MR) is 499 cm³/mol. The smallest absolute Gasteiger partial charge is 0.315 e. The normalized spacial score (nSPS) is 18.7. The number of aromatic amines is 1. The van der Waals surface area contributed by atoms with Crippen LogP contribution in [0.3, 0.4) is 0 Å². The molecular formula is C89H132N22O23S2.